The summed E-state index contributed by atoms with van der Waals surface area (Å²) in [5.74, 6) is -0.240. The molecule has 1 nitrogen and oxygen atoms in total. The summed E-state index contributed by atoms with van der Waals surface area (Å²) in [6.45, 7) is 4.07. The molecule has 0 saturated carbocycles. The Labute approximate surface area is 114 Å². The molecular formula is C17H20FN. The van der Waals surface area contributed by atoms with Crippen LogP contribution in [0.15, 0.2) is 48.5 Å². The van der Waals surface area contributed by atoms with E-state index in [0.29, 0.717) is 6.42 Å². The molecule has 2 heteroatoms. The maximum Gasteiger partial charge on any atom is 0.123 e. The van der Waals surface area contributed by atoms with E-state index in [-0.39, 0.29) is 5.82 Å². The van der Waals surface area contributed by atoms with Gasteiger partial charge in [-0.2, -0.15) is 0 Å². The van der Waals surface area contributed by atoms with Gasteiger partial charge >= 0.3 is 0 Å². The third-order valence-corrected chi connectivity index (χ3v) is 3.49. The first-order valence-corrected chi connectivity index (χ1v) is 6.64. The first-order chi connectivity index (χ1) is 9.01. The molecule has 0 radical (unpaired) electrons. The van der Waals surface area contributed by atoms with Crippen molar-refractivity contribution in [2.24, 2.45) is 5.73 Å². The van der Waals surface area contributed by atoms with Gasteiger partial charge in [-0.1, -0.05) is 43.3 Å². The minimum Gasteiger partial charge on any atom is -0.321 e. The maximum atomic E-state index is 13.3. The predicted molar refractivity (Wildman–Crippen MR) is 77.5 cm³/mol. The van der Waals surface area contributed by atoms with E-state index in [1.165, 1.54) is 23.3 Å². The Kier molecular flexibility index (Phi) is 4.01. The molecule has 0 aliphatic heterocycles. The summed E-state index contributed by atoms with van der Waals surface area (Å²) in [5, 5.41) is 0. The lowest BCUT2D eigenvalue weighted by molar-refractivity contribution is 0.486. The highest BCUT2D eigenvalue weighted by molar-refractivity contribution is 5.29. The minimum absolute atomic E-state index is 0.240. The van der Waals surface area contributed by atoms with E-state index in [9.17, 15) is 4.39 Å². The largest absolute Gasteiger partial charge is 0.321 e. The molecule has 0 amide bonds. The molecule has 2 N–H and O–H groups in total. The minimum atomic E-state index is -0.560. The van der Waals surface area contributed by atoms with Gasteiger partial charge in [0.1, 0.15) is 5.82 Å². The Bertz CT molecular complexity index is 543. The van der Waals surface area contributed by atoms with Gasteiger partial charge in [0.25, 0.3) is 0 Å². The summed E-state index contributed by atoms with van der Waals surface area (Å²) < 4.78 is 13.3. The molecule has 0 aromatic heterocycles. The topological polar surface area (TPSA) is 26.0 Å². The van der Waals surface area contributed by atoms with Gasteiger partial charge in [0, 0.05) is 5.54 Å². The third kappa shape index (κ3) is 3.42. The number of benzene rings is 2. The van der Waals surface area contributed by atoms with Crippen LogP contribution in [-0.4, -0.2) is 0 Å². The van der Waals surface area contributed by atoms with Gasteiger partial charge in [-0.25, -0.2) is 4.39 Å². The average Bonchev–Trinajstić information content (AvgIpc) is 2.39. The molecule has 0 heterocycles. The van der Waals surface area contributed by atoms with Gasteiger partial charge in [0.05, 0.1) is 0 Å². The molecule has 0 saturated heterocycles. The second-order valence-electron chi connectivity index (χ2n) is 5.27. The molecule has 0 aliphatic carbocycles. The van der Waals surface area contributed by atoms with Gasteiger partial charge in [-0.05, 0) is 48.6 Å². The number of hydrogen-bond acceptors (Lipinski definition) is 1. The molecule has 2 aromatic rings. The fourth-order valence-corrected chi connectivity index (χ4v) is 2.26. The smallest absolute Gasteiger partial charge is 0.123 e. The normalized spacial score (nSPS) is 14.1. The van der Waals surface area contributed by atoms with Crippen molar-refractivity contribution in [3.8, 4) is 0 Å². The van der Waals surface area contributed by atoms with E-state index in [1.54, 1.807) is 6.07 Å². The summed E-state index contributed by atoms with van der Waals surface area (Å²) in [4.78, 5) is 0. The van der Waals surface area contributed by atoms with Crippen molar-refractivity contribution >= 4 is 0 Å². The van der Waals surface area contributed by atoms with Crippen molar-refractivity contribution in [1.29, 1.82) is 0 Å². The number of nitrogens with two attached hydrogens (primary N) is 1. The summed E-state index contributed by atoms with van der Waals surface area (Å²) >= 11 is 0. The van der Waals surface area contributed by atoms with Crippen molar-refractivity contribution in [2.75, 3.05) is 0 Å². The van der Waals surface area contributed by atoms with Crippen LogP contribution in [0.1, 0.15) is 30.5 Å². The zero-order valence-electron chi connectivity index (χ0n) is 11.5. The average molecular weight is 257 g/mol. The van der Waals surface area contributed by atoms with Crippen LogP contribution in [0.2, 0.25) is 0 Å². The van der Waals surface area contributed by atoms with Crippen molar-refractivity contribution in [1.82, 2.24) is 0 Å². The van der Waals surface area contributed by atoms with E-state index >= 15 is 0 Å². The van der Waals surface area contributed by atoms with Crippen molar-refractivity contribution in [3.63, 3.8) is 0 Å². The highest BCUT2D eigenvalue weighted by atomic mass is 19.1. The number of rotatable bonds is 4. The number of halogens is 1. The summed E-state index contributed by atoms with van der Waals surface area (Å²) in [6, 6.07) is 15.0. The van der Waals surface area contributed by atoms with Crippen LogP contribution in [-0.2, 0) is 18.4 Å². The summed E-state index contributed by atoms with van der Waals surface area (Å²) in [6.07, 6.45) is 1.73. The maximum absolute atomic E-state index is 13.3. The van der Waals surface area contributed by atoms with Gasteiger partial charge in [-0.15, -0.1) is 0 Å². The van der Waals surface area contributed by atoms with Gasteiger partial charge < -0.3 is 5.73 Å². The van der Waals surface area contributed by atoms with E-state index in [1.807, 2.05) is 13.0 Å². The second kappa shape index (κ2) is 5.54. The molecule has 2 aromatic carbocycles. The highest BCUT2D eigenvalue weighted by Crippen LogP contribution is 2.23. The van der Waals surface area contributed by atoms with Crippen molar-refractivity contribution < 1.29 is 4.39 Å². The lowest BCUT2D eigenvalue weighted by atomic mass is 9.86. The molecule has 2 rings (SSSR count). The molecule has 19 heavy (non-hydrogen) atoms. The molecule has 0 fully saturated rings. The van der Waals surface area contributed by atoms with Crippen LogP contribution in [0.25, 0.3) is 0 Å². The Balaban J connectivity index is 2.20. The van der Waals surface area contributed by atoms with Gasteiger partial charge in [0.2, 0.25) is 0 Å². The van der Waals surface area contributed by atoms with Gasteiger partial charge in [0.15, 0.2) is 0 Å². The molecule has 1 unspecified atom stereocenters. The Hall–Kier alpha value is -1.67. The predicted octanol–water partition coefficient (Wildman–Crippen LogP) is 3.80. The standard InChI is InChI=1S/C17H20FN/c1-3-13-7-9-14(10-8-13)12-17(2,19)15-5-4-6-16(18)11-15/h4-11H,3,12,19H2,1-2H3. The van der Waals surface area contributed by atoms with Crippen LogP contribution in [0.4, 0.5) is 4.39 Å². The van der Waals surface area contributed by atoms with Crippen LogP contribution < -0.4 is 5.73 Å². The van der Waals surface area contributed by atoms with Crippen LogP contribution in [0.5, 0.6) is 0 Å². The fourth-order valence-electron chi connectivity index (χ4n) is 2.26. The van der Waals surface area contributed by atoms with Crippen LogP contribution in [0, 0.1) is 5.82 Å². The van der Waals surface area contributed by atoms with E-state index in [2.05, 4.69) is 31.2 Å². The quantitative estimate of drug-likeness (QED) is 0.885. The molecular weight excluding hydrogens is 237 g/mol. The molecule has 1 atom stereocenters. The molecule has 0 spiro atoms. The first-order valence-electron chi connectivity index (χ1n) is 6.64. The lowest BCUT2D eigenvalue weighted by Crippen LogP contribution is -2.35. The second-order valence-corrected chi connectivity index (χ2v) is 5.27. The lowest BCUT2D eigenvalue weighted by Gasteiger charge is -2.25. The summed E-state index contributed by atoms with van der Waals surface area (Å²) in [5.41, 5.74) is 9.09. The van der Waals surface area contributed by atoms with Gasteiger partial charge in [-0.3, -0.25) is 0 Å². The Morgan fingerprint density at radius 1 is 1.05 bits per heavy atom. The molecule has 100 valence electrons. The zero-order chi connectivity index (χ0) is 13.9. The fraction of sp³-hybridized carbons (Fsp3) is 0.294. The van der Waals surface area contributed by atoms with E-state index in [4.69, 9.17) is 5.73 Å². The zero-order valence-corrected chi connectivity index (χ0v) is 11.5. The highest BCUT2D eigenvalue weighted by Gasteiger charge is 2.22. The third-order valence-electron chi connectivity index (χ3n) is 3.49. The Morgan fingerprint density at radius 3 is 2.26 bits per heavy atom. The monoisotopic (exact) mass is 257 g/mol. The Morgan fingerprint density at radius 2 is 1.68 bits per heavy atom. The van der Waals surface area contributed by atoms with Crippen LogP contribution >= 0.6 is 0 Å². The van der Waals surface area contributed by atoms with Crippen molar-refractivity contribution in [2.45, 2.75) is 32.2 Å². The van der Waals surface area contributed by atoms with E-state index < -0.39 is 5.54 Å². The first kappa shape index (κ1) is 13.8. The molecule has 0 bridgehead atoms. The molecule has 0 aliphatic rings. The SMILES string of the molecule is CCc1ccc(CC(C)(N)c2cccc(F)c2)cc1. The summed E-state index contributed by atoms with van der Waals surface area (Å²) in [7, 11) is 0. The van der Waals surface area contributed by atoms with E-state index in [0.717, 1.165) is 12.0 Å². The number of hydrogen-bond donors (Lipinski definition) is 1. The van der Waals surface area contributed by atoms with Crippen LogP contribution in [0.3, 0.4) is 0 Å². The number of aryl methyl sites for hydroxylation is 1. The van der Waals surface area contributed by atoms with Crippen molar-refractivity contribution in [3.05, 3.63) is 71.0 Å².